The number of rotatable bonds is 5. The maximum Gasteiger partial charge on any atom is 0.583 e. The first-order valence-corrected chi connectivity index (χ1v) is 14.2. The van der Waals surface area contributed by atoms with Gasteiger partial charge in [0.25, 0.3) is 0 Å². The second kappa shape index (κ2) is 10.4. The standard InChI is InChI=1S/C33H35BN2O5/c1-20-16-26(31-27(17-20)30(37)21(2)32(40-31)36-14-12-33(4,5)13-15-36)22(3)39-29-9-7-6-8-25(29)23-10-11-24-19-35-41-34(38)28(24)18-23/h6-11,16-19,22,38H,12-15H2,1-5H3. The van der Waals surface area contributed by atoms with E-state index >= 15 is 0 Å². The number of piperidine rings is 1. The maximum atomic E-state index is 13.6. The fraction of sp³-hybridized carbons (Fsp3) is 0.333. The zero-order chi connectivity index (χ0) is 28.9. The summed E-state index contributed by atoms with van der Waals surface area (Å²) in [5, 5.41) is 14.6. The Labute approximate surface area is 240 Å². The molecule has 1 atom stereocenters. The van der Waals surface area contributed by atoms with Crippen LogP contribution >= 0.6 is 0 Å². The van der Waals surface area contributed by atoms with Gasteiger partial charge in [-0.2, -0.15) is 0 Å². The van der Waals surface area contributed by atoms with Gasteiger partial charge in [0.05, 0.1) is 17.2 Å². The molecule has 1 unspecified atom stereocenters. The highest BCUT2D eigenvalue weighted by atomic mass is 16.6. The van der Waals surface area contributed by atoms with Crippen molar-refractivity contribution in [3.8, 4) is 16.9 Å². The minimum absolute atomic E-state index is 0.00186. The first-order valence-electron chi connectivity index (χ1n) is 14.2. The summed E-state index contributed by atoms with van der Waals surface area (Å²) in [4.78, 5) is 15.8. The van der Waals surface area contributed by atoms with Gasteiger partial charge in [-0.05, 0) is 73.9 Å². The van der Waals surface area contributed by atoms with Crippen LogP contribution in [0.3, 0.4) is 0 Å². The molecule has 3 aromatic carbocycles. The summed E-state index contributed by atoms with van der Waals surface area (Å²) in [6.45, 7) is 12.1. The minimum atomic E-state index is -1.12. The van der Waals surface area contributed by atoms with Crippen LogP contribution in [0, 0.1) is 19.3 Å². The lowest BCUT2D eigenvalue weighted by Crippen LogP contribution is -2.38. The zero-order valence-electron chi connectivity index (χ0n) is 24.2. The first kappa shape index (κ1) is 27.2. The van der Waals surface area contributed by atoms with E-state index in [-0.39, 0.29) is 10.8 Å². The molecule has 1 fully saturated rings. The summed E-state index contributed by atoms with van der Waals surface area (Å²) in [5.74, 6) is 1.34. The summed E-state index contributed by atoms with van der Waals surface area (Å²) >= 11 is 0. The van der Waals surface area contributed by atoms with Crippen LogP contribution in [-0.4, -0.2) is 31.4 Å². The Kier molecular flexibility index (Phi) is 6.90. The molecule has 0 aliphatic carbocycles. The lowest BCUT2D eigenvalue weighted by atomic mass is 9.75. The summed E-state index contributed by atoms with van der Waals surface area (Å²) in [5.41, 5.74) is 6.54. The molecule has 0 radical (unpaired) electrons. The summed E-state index contributed by atoms with van der Waals surface area (Å²) in [6, 6.07) is 17.5. The van der Waals surface area contributed by atoms with E-state index < -0.39 is 13.2 Å². The van der Waals surface area contributed by atoms with Crippen molar-refractivity contribution < 1.29 is 18.9 Å². The van der Waals surface area contributed by atoms with Crippen LogP contribution < -0.4 is 20.5 Å². The molecule has 2 aliphatic heterocycles. The van der Waals surface area contributed by atoms with Gasteiger partial charge in [-0.3, -0.25) is 4.79 Å². The highest BCUT2D eigenvalue weighted by Crippen LogP contribution is 2.38. The Morgan fingerprint density at radius 2 is 1.83 bits per heavy atom. The van der Waals surface area contributed by atoms with Gasteiger partial charge >= 0.3 is 7.12 Å². The summed E-state index contributed by atoms with van der Waals surface area (Å²) < 4.78 is 18.2. The molecule has 1 N–H and O–H groups in total. The number of benzene rings is 3. The Morgan fingerprint density at radius 1 is 1.07 bits per heavy atom. The number of para-hydroxylation sites is 1. The number of anilines is 1. The molecule has 1 aromatic heterocycles. The molecule has 1 saturated heterocycles. The highest BCUT2D eigenvalue weighted by molar-refractivity contribution is 6.62. The van der Waals surface area contributed by atoms with Crippen molar-refractivity contribution in [2.24, 2.45) is 10.6 Å². The number of aryl methyl sites for hydroxylation is 1. The molecule has 2 aliphatic rings. The second-order valence-electron chi connectivity index (χ2n) is 12.0. The molecule has 8 heteroatoms. The molecule has 3 heterocycles. The highest BCUT2D eigenvalue weighted by Gasteiger charge is 2.29. The van der Waals surface area contributed by atoms with Gasteiger partial charge in [-0.1, -0.05) is 50.2 Å². The lowest BCUT2D eigenvalue weighted by molar-refractivity contribution is 0.228. The van der Waals surface area contributed by atoms with Crippen molar-refractivity contribution in [1.29, 1.82) is 0 Å². The number of hydrogen-bond donors (Lipinski definition) is 1. The van der Waals surface area contributed by atoms with Crippen LogP contribution in [0.15, 0.2) is 69.0 Å². The van der Waals surface area contributed by atoms with E-state index in [4.69, 9.17) is 13.9 Å². The topological polar surface area (TPSA) is 84.5 Å². The number of oxime groups is 1. The first-order chi connectivity index (χ1) is 19.6. The summed E-state index contributed by atoms with van der Waals surface area (Å²) in [6.07, 6.45) is 3.28. The van der Waals surface area contributed by atoms with E-state index in [1.54, 1.807) is 6.21 Å². The van der Waals surface area contributed by atoms with Gasteiger partial charge in [-0.15, -0.1) is 5.16 Å². The van der Waals surface area contributed by atoms with Crippen LogP contribution in [0.2, 0.25) is 0 Å². The van der Waals surface area contributed by atoms with Crippen LogP contribution in [-0.2, 0) is 4.76 Å². The Hall–Kier alpha value is -4.04. The van der Waals surface area contributed by atoms with Crippen LogP contribution in [0.4, 0.5) is 5.88 Å². The third kappa shape index (κ3) is 5.13. The van der Waals surface area contributed by atoms with Gasteiger partial charge in [0.15, 0.2) is 5.43 Å². The SMILES string of the molecule is Cc1cc(C(C)Oc2ccccc2-c2ccc3c(c2)B(O)ON=C3)c2oc(N3CCC(C)(C)CC3)c(C)c(=O)c2c1. The second-order valence-corrected chi connectivity index (χ2v) is 12.0. The van der Waals surface area contributed by atoms with Crippen LogP contribution in [0.5, 0.6) is 5.75 Å². The predicted octanol–water partition coefficient (Wildman–Crippen LogP) is 5.89. The Bertz CT molecular complexity index is 1720. The monoisotopic (exact) mass is 550 g/mol. The maximum absolute atomic E-state index is 13.6. The fourth-order valence-electron chi connectivity index (χ4n) is 5.81. The van der Waals surface area contributed by atoms with E-state index in [9.17, 15) is 9.82 Å². The Balaban J connectivity index is 1.38. The molecule has 0 amide bonds. The molecule has 4 aromatic rings. The van der Waals surface area contributed by atoms with Crippen molar-refractivity contribution in [3.63, 3.8) is 0 Å². The van der Waals surface area contributed by atoms with Gasteiger partial charge < -0.3 is 23.8 Å². The third-order valence-corrected chi connectivity index (χ3v) is 8.42. The molecule has 7 nitrogen and oxygen atoms in total. The normalized spacial score (nSPS) is 16.8. The molecular formula is C33H35BN2O5. The van der Waals surface area contributed by atoms with E-state index in [0.29, 0.717) is 33.6 Å². The summed E-state index contributed by atoms with van der Waals surface area (Å²) in [7, 11) is -1.12. The van der Waals surface area contributed by atoms with E-state index in [2.05, 4.69) is 23.9 Å². The zero-order valence-corrected chi connectivity index (χ0v) is 24.2. The Morgan fingerprint density at radius 3 is 2.61 bits per heavy atom. The van der Waals surface area contributed by atoms with Crippen molar-refractivity contribution >= 4 is 35.6 Å². The number of hydrogen-bond acceptors (Lipinski definition) is 7. The smallest absolute Gasteiger partial charge is 0.485 e. The van der Waals surface area contributed by atoms with Crippen LogP contribution in [0.25, 0.3) is 22.1 Å². The molecular weight excluding hydrogens is 515 g/mol. The average molecular weight is 550 g/mol. The fourth-order valence-corrected chi connectivity index (χ4v) is 5.81. The largest absolute Gasteiger partial charge is 0.583 e. The lowest BCUT2D eigenvalue weighted by Gasteiger charge is -2.37. The average Bonchev–Trinajstić information content (AvgIpc) is 2.95. The molecule has 0 spiro atoms. The number of fused-ring (bicyclic) bond motifs is 2. The van der Waals surface area contributed by atoms with E-state index in [0.717, 1.165) is 53.7 Å². The van der Waals surface area contributed by atoms with Gasteiger partial charge in [-0.25, -0.2) is 0 Å². The molecule has 41 heavy (non-hydrogen) atoms. The minimum Gasteiger partial charge on any atom is -0.485 e. The van der Waals surface area contributed by atoms with Crippen LogP contribution in [0.1, 0.15) is 62.0 Å². The predicted molar refractivity (Wildman–Crippen MR) is 164 cm³/mol. The van der Waals surface area contributed by atoms with Gasteiger partial charge in [0, 0.05) is 29.7 Å². The van der Waals surface area contributed by atoms with Crippen molar-refractivity contribution in [2.75, 3.05) is 18.0 Å². The van der Waals surface area contributed by atoms with Crippen molar-refractivity contribution in [2.45, 2.75) is 53.6 Å². The number of ether oxygens (including phenoxy) is 1. The van der Waals surface area contributed by atoms with Crippen molar-refractivity contribution in [1.82, 2.24) is 0 Å². The quantitative estimate of drug-likeness (QED) is 0.312. The third-order valence-electron chi connectivity index (χ3n) is 8.42. The molecule has 0 saturated carbocycles. The molecule has 6 rings (SSSR count). The number of nitrogens with zero attached hydrogens (tertiary/aromatic N) is 2. The van der Waals surface area contributed by atoms with Crippen molar-refractivity contribution in [3.05, 3.63) is 87.1 Å². The molecule has 210 valence electrons. The van der Waals surface area contributed by atoms with E-state index in [1.807, 2.05) is 75.4 Å². The van der Waals surface area contributed by atoms with E-state index in [1.165, 1.54) is 0 Å². The van der Waals surface area contributed by atoms with Gasteiger partial charge in [0.1, 0.15) is 17.4 Å². The molecule has 0 bridgehead atoms. The van der Waals surface area contributed by atoms with Gasteiger partial charge in [0.2, 0.25) is 5.88 Å².